The molecule has 1 aliphatic rings. The van der Waals surface area contributed by atoms with Gasteiger partial charge in [-0.15, -0.1) is 0 Å². The van der Waals surface area contributed by atoms with Gasteiger partial charge in [-0.3, -0.25) is 0 Å². The highest BCUT2D eigenvalue weighted by atomic mass is 79.9. The number of aromatic nitrogens is 4. The average molecular weight is 505 g/mol. The van der Waals surface area contributed by atoms with Crippen LogP contribution in [0.4, 0.5) is 24.7 Å². The van der Waals surface area contributed by atoms with Crippen LogP contribution in [0.25, 0.3) is 16.4 Å². The summed E-state index contributed by atoms with van der Waals surface area (Å²) in [5.41, 5.74) is 0.761. The maximum absolute atomic E-state index is 13.4. The topological polar surface area (TPSA) is 67.1 Å². The van der Waals surface area contributed by atoms with Gasteiger partial charge < -0.3 is 15.0 Å². The van der Waals surface area contributed by atoms with Gasteiger partial charge in [0.25, 0.3) is 0 Å². The minimum atomic E-state index is -4.51. The summed E-state index contributed by atoms with van der Waals surface area (Å²) in [5.74, 6) is 0.758. The third kappa shape index (κ3) is 4.23. The van der Waals surface area contributed by atoms with E-state index in [4.69, 9.17) is 0 Å². The Morgan fingerprint density at radius 1 is 1.09 bits per heavy atom. The van der Waals surface area contributed by atoms with Gasteiger partial charge in [-0.1, -0.05) is 15.9 Å². The van der Waals surface area contributed by atoms with Crippen LogP contribution in [0.2, 0.25) is 0 Å². The van der Waals surface area contributed by atoms with Crippen LogP contribution in [0, 0.1) is 0 Å². The Bertz CT molecular complexity index is 1270. The number of pyridine rings is 1. The number of anilines is 2. The van der Waals surface area contributed by atoms with Gasteiger partial charge in [0.1, 0.15) is 11.2 Å². The van der Waals surface area contributed by atoms with Crippen molar-refractivity contribution in [2.45, 2.75) is 43.9 Å². The predicted octanol–water partition coefficient (Wildman–Crippen LogP) is 5.89. The normalized spacial score (nSPS) is 19.4. The van der Waals surface area contributed by atoms with Gasteiger partial charge in [-0.2, -0.15) is 13.2 Å². The van der Waals surface area contributed by atoms with Crippen LogP contribution in [-0.4, -0.2) is 31.4 Å². The fourth-order valence-corrected chi connectivity index (χ4v) is 4.65. The van der Waals surface area contributed by atoms with Crippen molar-refractivity contribution in [3.63, 3.8) is 0 Å². The van der Waals surface area contributed by atoms with Crippen molar-refractivity contribution in [1.29, 1.82) is 0 Å². The highest BCUT2D eigenvalue weighted by Gasteiger charge is 2.34. The molecule has 10 heteroatoms. The zero-order valence-corrected chi connectivity index (χ0v) is 18.5. The van der Waals surface area contributed by atoms with Gasteiger partial charge in [0.2, 0.25) is 0 Å². The zero-order chi connectivity index (χ0) is 22.3. The molecule has 1 saturated carbocycles. The van der Waals surface area contributed by atoms with E-state index in [0.717, 1.165) is 47.6 Å². The van der Waals surface area contributed by atoms with E-state index in [2.05, 4.69) is 41.5 Å². The Hall–Kier alpha value is -2.88. The lowest BCUT2D eigenvalue weighted by atomic mass is 9.90. The molecule has 0 amide bonds. The van der Waals surface area contributed by atoms with Gasteiger partial charge in [-0.05, 0) is 49.9 Å². The molecule has 166 valence electrons. The summed E-state index contributed by atoms with van der Waals surface area (Å²) in [4.78, 5) is 12.4. The fourth-order valence-electron chi connectivity index (χ4n) is 4.29. The lowest BCUT2D eigenvalue weighted by molar-refractivity contribution is -0.140. The number of hydrogen-bond donors (Lipinski definition) is 2. The van der Waals surface area contributed by atoms with E-state index in [9.17, 15) is 13.2 Å². The zero-order valence-electron chi connectivity index (χ0n) is 16.9. The number of hydrogen-bond acceptors (Lipinski definition) is 5. The van der Waals surface area contributed by atoms with Crippen LogP contribution >= 0.6 is 15.9 Å². The number of rotatable bonds is 4. The molecule has 1 aliphatic carbocycles. The second kappa shape index (κ2) is 8.23. The maximum atomic E-state index is 13.4. The molecule has 4 aromatic rings. The Morgan fingerprint density at radius 2 is 1.91 bits per heavy atom. The van der Waals surface area contributed by atoms with Gasteiger partial charge >= 0.3 is 6.18 Å². The number of alkyl halides is 3. The standard InChI is InChI=1S/C22H20BrF3N6/c23-13-4-5-17-16(8-13)18(10-20(31-17)22(24,25)26)29-14-2-1-3-15(9-14)30-21-19-11-27-12-32(19)7-6-28-21/h4-8,10-12,14-15H,1-3,9H2,(H,28,30)(H,29,31)/t14-,15+/m0/s1. The molecule has 1 aromatic carbocycles. The molecule has 1 fully saturated rings. The summed E-state index contributed by atoms with van der Waals surface area (Å²) in [5, 5.41) is 7.53. The second-order valence-corrected chi connectivity index (χ2v) is 8.94. The molecule has 0 radical (unpaired) electrons. The first-order chi connectivity index (χ1) is 15.4. The average Bonchev–Trinajstić information content (AvgIpc) is 3.23. The molecule has 0 aliphatic heterocycles. The highest BCUT2D eigenvalue weighted by Crippen LogP contribution is 2.35. The smallest absolute Gasteiger partial charge is 0.382 e. The molecule has 32 heavy (non-hydrogen) atoms. The first kappa shape index (κ1) is 21.0. The molecular weight excluding hydrogens is 485 g/mol. The van der Waals surface area contributed by atoms with Crippen molar-refractivity contribution in [1.82, 2.24) is 19.4 Å². The summed E-state index contributed by atoms with van der Waals surface area (Å²) in [6, 6.07) is 6.38. The van der Waals surface area contributed by atoms with Gasteiger partial charge in [0, 0.05) is 40.0 Å². The van der Waals surface area contributed by atoms with Crippen molar-refractivity contribution in [3.8, 4) is 0 Å². The predicted molar refractivity (Wildman–Crippen MR) is 121 cm³/mol. The maximum Gasteiger partial charge on any atom is 0.433 e. The molecule has 2 atom stereocenters. The molecule has 6 nitrogen and oxygen atoms in total. The van der Waals surface area contributed by atoms with E-state index in [-0.39, 0.29) is 12.1 Å². The lowest BCUT2D eigenvalue weighted by Gasteiger charge is -2.32. The van der Waals surface area contributed by atoms with E-state index >= 15 is 0 Å². The summed E-state index contributed by atoms with van der Waals surface area (Å²) in [6.07, 6.45) is 6.08. The van der Waals surface area contributed by atoms with Crippen LogP contribution < -0.4 is 10.6 Å². The highest BCUT2D eigenvalue weighted by molar-refractivity contribution is 9.10. The monoisotopic (exact) mass is 504 g/mol. The minimum Gasteiger partial charge on any atom is -0.382 e. The molecular formula is C22H20BrF3N6. The Balaban J connectivity index is 1.40. The first-order valence-corrected chi connectivity index (χ1v) is 11.1. The van der Waals surface area contributed by atoms with Crippen LogP contribution in [0.5, 0.6) is 0 Å². The van der Waals surface area contributed by atoms with E-state index in [1.54, 1.807) is 36.9 Å². The number of nitrogens with zero attached hydrogens (tertiary/aromatic N) is 4. The Kier molecular flexibility index (Phi) is 5.40. The summed E-state index contributed by atoms with van der Waals surface area (Å²) in [7, 11) is 0. The number of halogens is 4. The van der Waals surface area contributed by atoms with Crippen LogP contribution in [0.1, 0.15) is 31.4 Å². The van der Waals surface area contributed by atoms with Crippen LogP contribution in [0.3, 0.4) is 0 Å². The quantitative estimate of drug-likeness (QED) is 0.362. The first-order valence-electron chi connectivity index (χ1n) is 10.3. The lowest BCUT2D eigenvalue weighted by Crippen LogP contribution is -2.34. The third-order valence-corrected chi connectivity index (χ3v) is 6.27. The molecule has 3 aromatic heterocycles. The third-order valence-electron chi connectivity index (χ3n) is 5.78. The van der Waals surface area contributed by atoms with Crippen molar-refractivity contribution < 1.29 is 13.2 Å². The van der Waals surface area contributed by atoms with Gasteiger partial charge in [0.05, 0.1) is 18.0 Å². The molecule has 0 unspecified atom stereocenters. The van der Waals surface area contributed by atoms with Gasteiger partial charge in [0.15, 0.2) is 5.82 Å². The molecule has 0 saturated heterocycles. The number of fused-ring (bicyclic) bond motifs is 2. The Morgan fingerprint density at radius 3 is 2.72 bits per heavy atom. The van der Waals surface area contributed by atoms with E-state index < -0.39 is 11.9 Å². The number of imidazole rings is 1. The van der Waals surface area contributed by atoms with Crippen LogP contribution in [-0.2, 0) is 6.18 Å². The largest absolute Gasteiger partial charge is 0.433 e. The second-order valence-electron chi connectivity index (χ2n) is 8.03. The van der Waals surface area contributed by atoms with Crippen molar-refractivity contribution in [2.75, 3.05) is 10.6 Å². The van der Waals surface area contributed by atoms with Crippen molar-refractivity contribution in [2.24, 2.45) is 0 Å². The SMILES string of the molecule is FC(F)(F)c1cc(N[C@H]2CCC[C@@H](Nc3nccn4cncc34)C2)c2cc(Br)ccc2n1. The van der Waals surface area contributed by atoms with Crippen LogP contribution in [0.15, 0.2) is 53.7 Å². The summed E-state index contributed by atoms with van der Waals surface area (Å²) < 4.78 is 43.0. The summed E-state index contributed by atoms with van der Waals surface area (Å²) >= 11 is 3.41. The minimum absolute atomic E-state index is 0.0246. The molecule has 0 bridgehead atoms. The molecule has 0 spiro atoms. The molecule has 5 rings (SSSR count). The molecule has 2 N–H and O–H groups in total. The number of nitrogens with one attached hydrogen (secondary N) is 2. The molecule has 3 heterocycles. The fraction of sp³-hybridized carbons (Fsp3) is 0.318. The van der Waals surface area contributed by atoms with E-state index in [0.29, 0.717) is 16.6 Å². The number of benzene rings is 1. The van der Waals surface area contributed by atoms with Crippen molar-refractivity contribution in [3.05, 3.63) is 59.3 Å². The van der Waals surface area contributed by atoms with E-state index in [1.165, 1.54) is 0 Å². The van der Waals surface area contributed by atoms with E-state index in [1.807, 2.05) is 10.6 Å². The van der Waals surface area contributed by atoms with Gasteiger partial charge in [-0.25, -0.2) is 15.0 Å². The summed E-state index contributed by atoms with van der Waals surface area (Å²) in [6.45, 7) is 0. The van der Waals surface area contributed by atoms with Crippen molar-refractivity contribution >= 4 is 43.9 Å². The Labute approximate surface area is 190 Å².